The molecule has 0 radical (unpaired) electrons. The third-order valence-electron chi connectivity index (χ3n) is 9.96. The average Bonchev–Trinajstić information content (AvgIpc) is 4.02. The number of hydrogen-bond acceptors (Lipinski definition) is 24. The molecule has 5 aromatic rings. The van der Waals surface area contributed by atoms with E-state index >= 15 is 0 Å². The number of nitrogens with zero attached hydrogens (tertiary/aromatic N) is 8. The van der Waals surface area contributed by atoms with Gasteiger partial charge in [0.2, 0.25) is 5.95 Å². The number of nitrogens with one attached hydrogen (secondary N) is 2. The number of H-pyrrole nitrogens is 2. The summed E-state index contributed by atoms with van der Waals surface area (Å²) in [7, 11) is -10.8. The standard InChI is InChI=1S/C29H36N12O19P2/c30-21-13-22(33-6-32-21)40(7-34-13)26-17(46)19(9(3-42)56-26)59-62(52,53)55-5-11-20(18(47)27(58-11)41-8-35-14-23(41)37-28(31)38-24(14)48)60-61(50,51)54-4-10-15(44)16(45)25(57-10)39-2-1-12(43)36-29(39)49/h1-2,6-11,15-20,25-27,42,44-47H,3-5H2,(H,50,51)(H,52,53)(H2,30,32,33)(H,36,43,49)(H3,31,37,38,48)/t9-,10-,11-,15-,16-,17-,18-,19-,20-,25-,26-,27-/m1/s1. The van der Waals surface area contributed by atoms with E-state index in [2.05, 4.69) is 29.9 Å². The van der Waals surface area contributed by atoms with Crippen LogP contribution in [0.25, 0.3) is 22.3 Å². The Balaban J connectivity index is 0.995. The second-order valence-electron chi connectivity index (χ2n) is 13.9. The van der Waals surface area contributed by atoms with E-state index in [9.17, 15) is 58.8 Å². The van der Waals surface area contributed by atoms with Gasteiger partial charge < -0.3 is 61.0 Å². The zero-order valence-electron chi connectivity index (χ0n) is 31.1. The van der Waals surface area contributed by atoms with Gasteiger partial charge in [0.1, 0.15) is 66.8 Å². The molecule has 336 valence electrons. The van der Waals surface area contributed by atoms with Crippen LogP contribution in [0.5, 0.6) is 0 Å². The molecule has 33 heteroatoms. The van der Waals surface area contributed by atoms with Crippen LogP contribution in [0.4, 0.5) is 11.8 Å². The highest BCUT2D eigenvalue weighted by molar-refractivity contribution is 7.47. The highest BCUT2D eigenvalue weighted by Gasteiger charge is 2.53. The van der Waals surface area contributed by atoms with Crippen molar-refractivity contribution in [3.63, 3.8) is 0 Å². The second-order valence-corrected chi connectivity index (χ2v) is 16.7. The summed E-state index contributed by atoms with van der Waals surface area (Å²) in [6.07, 6.45) is -16.4. The summed E-state index contributed by atoms with van der Waals surface area (Å²) in [5, 5.41) is 53.8. The number of aromatic nitrogens is 10. The number of nitrogens with two attached hydrogens (primary N) is 2. The third-order valence-corrected chi connectivity index (χ3v) is 11.9. The molecule has 0 aliphatic carbocycles. The molecule has 8 heterocycles. The maximum absolute atomic E-state index is 13.4. The first-order valence-corrected chi connectivity index (χ1v) is 20.9. The number of nitrogen functional groups attached to an aromatic ring is 2. The van der Waals surface area contributed by atoms with Crippen molar-refractivity contribution in [3.8, 4) is 0 Å². The predicted octanol–water partition coefficient (Wildman–Crippen LogP) is -5.19. The number of phosphoric acid groups is 2. The zero-order valence-corrected chi connectivity index (χ0v) is 32.9. The molecular weight excluding hydrogens is 882 g/mol. The Kier molecular flexibility index (Phi) is 11.7. The summed E-state index contributed by atoms with van der Waals surface area (Å²) in [5.74, 6) is -0.368. The molecule has 62 heavy (non-hydrogen) atoms. The fourth-order valence-corrected chi connectivity index (χ4v) is 8.98. The first-order valence-electron chi connectivity index (χ1n) is 17.9. The van der Waals surface area contributed by atoms with Gasteiger partial charge in [-0.1, -0.05) is 0 Å². The quantitative estimate of drug-likeness (QED) is 0.0464. The van der Waals surface area contributed by atoms with Crippen molar-refractivity contribution >= 4 is 49.7 Å². The summed E-state index contributed by atoms with van der Waals surface area (Å²) < 4.78 is 67.6. The number of fused-ring (bicyclic) bond motifs is 2. The van der Waals surface area contributed by atoms with E-state index in [0.717, 1.165) is 34.1 Å². The fraction of sp³-hybridized carbons (Fsp3) is 0.517. The molecule has 14 atom stereocenters. The van der Waals surface area contributed by atoms with Crippen LogP contribution in [-0.4, -0.2) is 159 Å². The van der Waals surface area contributed by atoms with Crippen LogP contribution >= 0.6 is 15.6 Å². The smallest absolute Gasteiger partial charge is 0.394 e. The van der Waals surface area contributed by atoms with Crippen molar-refractivity contribution in [2.24, 2.45) is 0 Å². The molecule has 0 spiro atoms. The van der Waals surface area contributed by atoms with E-state index in [1.165, 1.54) is 10.9 Å². The van der Waals surface area contributed by atoms with Crippen LogP contribution in [0.3, 0.4) is 0 Å². The van der Waals surface area contributed by atoms with E-state index in [1.54, 1.807) is 0 Å². The Morgan fingerprint density at radius 2 is 1.27 bits per heavy atom. The van der Waals surface area contributed by atoms with Gasteiger partial charge in [-0.25, -0.2) is 33.9 Å². The van der Waals surface area contributed by atoms with Crippen LogP contribution in [-0.2, 0) is 41.4 Å². The first-order chi connectivity index (χ1) is 29.4. The van der Waals surface area contributed by atoms with Gasteiger partial charge in [0.05, 0.1) is 32.5 Å². The molecule has 0 bridgehead atoms. The first kappa shape index (κ1) is 43.7. The lowest BCUT2D eigenvalue weighted by molar-refractivity contribution is -0.0631. The molecule has 0 amide bonds. The molecule has 0 saturated carbocycles. The fourth-order valence-electron chi connectivity index (χ4n) is 7.05. The third kappa shape index (κ3) is 8.21. The Bertz CT molecular complexity index is 2750. The Labute approximate surface area is 342 Å². The second kappa shape index (κ2) is 16.7. The van der Waals surface area contributed by atoms with Gasteiger partial charge in [0.25, 0.3) is 11.1 Å². The molecule has 3 aliphatic rings. The maximum Gasteiger partial charge on any atom is 0.472 e. The number of phosphoric ester groups is 2. The molecule has 13 N–H and O–H groups in total. The molecular formula is C29H36N12O19P2. The molecule has 3 aliphatic heterocycles. The normalized spacial score (nSPS) is 32.1. The lowest BCUT2D eigenvalue weighted by atomic mass is 10.1. The number of aliphatic hydroxyl groups is 5. The van der Waals surface area contributed by atoms with Crippen molar-refractivity contribution in [1.82, 2.24) is 48.6 Å². The zero-order chi connectivity index (χ0) is 44.4. The van der Waals surface area contributed by atoms with Gasteiger partial charge in [-0.05, 0) is 0 Å². The minimum Gasteiger partial charge on any atom is -0.394 e. The number of imidazole rings is 2. The largest absolute Gasteiger partial charge is 0.472 e. The number of anilines is 2. The maximum atomic E-state index is 13.4. The summed E-state index contributed by atoms with van der Waals surface area (Å²) in [5.41, 5.74) is 8.71. The number of hydrogen-bond donors (Lipinski definition) is 11. The SMILES string of the molecule is Nc1nc2c(ncn2[C@@H]2O[C@H](COP(=O)(O)O[C@H]3[C@@H](O)[C@H](n4cnc5c(N)ncnc54)O[C@@H]3CO)[C@@H](OP(=O)(O)OC[C@H]3O[C@@H](n4ccc(=O)[nH]c4=O)[C@H](O)[C@@H]3O)[C@H]2O)c(=O)[nH]1. The number of aliphatic hydroxyl groups excluding tert-OH is 5. The summed E-state index contributed by atoms with van der Waals surface area (Å²) in [6.45, 7) is -2.90. The van der Waals surface area contributed by atoms with Gasteiger partial charge in [-0.2, -0.15) is 4.98 Å². The van der Waals surface area contributed by atoms with Crippen molar-refractivity contribution in [2.75, 3.05) is 31.3 Å². The van der Waals surface area contributed by atoms with E-state index in [4.69, 9.17) is 43.8 Å². The number of ether oxygens (including phenoxy) is 3. The van der Waals surface area contributed by atoms with Crippen molar-refractivity contribution in [2.45, 2.75) is 73.6 Å². The lowest BCUT2D eigenvalue weighted by Crippen LogP contribution is -2.38. The van der Waals surface area contributed by atoms with Crippen LogP contribution in [0.2, 0.25) is 0 Å². The topological polar surface area (TPSA) is 454 Å². The molecule has 3 saturated heterocycles. The summed E-state index contributed by atoms with van der Waals surface area (Å²) in [4.78, 5) is 82.0. The summed E-state index contributed by atoms with van der Waals surface area (Å²) >= 11 is 0. The predicted molar refractivity (Wildman–Crippen MR) is 198 cm³/mol. The van der Waals surface area contributed by atoms with Crippen LogP contribution < -0.4 is 28.3 Å². The van der Waals surface area contributed by atoms with Gasteiger partial charge in [-0.3, -0.25) is 51.4 Å². The summed E-state index contributed by atoms with van der Waals surface area (Å²) in [6, 6.07) is 0.939. The van der Waals surface area contributed by atoms with Gasteiger partial charge in [-0.15, -0.1) is 0 Å². The highest BCUT2D eigenvalue weighted by Crippen LogP contribution is 2.52. The Morgan fingerprint density at radius 1 is 0.710 bits per heavy atom. The average molecular weight is 919 g/mol. The Hall–Kier alpha value is -4.92. The van der Waals surface area contributed by atoms with Gasteiger partial charge >= 0.3 is 21.3 Å². The number of aromatic amines is 2. The molecule has 8 rings (SSSR count). The van der Waals surface area contributed by atoms with E-state index in [0.29, 0.717) is 0 Å². The monoisotopic (exact) mass is 918 g/mol. The minimum atomic E-state index is -5.42. The van der Waals surface area contributed by atoms with Crippen molar-refractivity contribution in [1.29, 1.82) is 0 Å². The minimum absolute atomic E-state index is 0.00189. The van der Waals surface area contributed by atoms with E-state index in [1.807, 2.05) is 4.98 Å². The van der Waals surface area contributed by atoms with E-state index in [-0.39, 0.29) is 34.1 Å². The lowest BCUT2D eigenvalue weighted by Gasteiger charge is -2.25. The molecule has 3 fully saturated rings. The molecule has 31 nitrogen and oxygen atoms in total. The number of rotatable bonds is 14. The Morgan fingerprint density at radius 3 is 1.92 bits per heavy atom. The molecule has 2 unspecified atom stereocenters. The molecule has 0 aromatic carbocycles. The highest BCUT2D eigenvalue weighted by atomic mass is 31.2. The molecule has 5 aromatic heterocycles. The van der Waals surface area contributed by atoms with Gasteiger partial charge in [0, 0.05) is 12.3 Å². The van der Waals surface area contributed by atoms with Crippen molar-refractivity contribution < 1.29 is 76.8 Å². The van der Waals surface area contributed by atoms with Crippen molar-refractivity contribution in [3.05, 3.63) is 62.4 Å². The van der Waals surface area contributed by atoms with Gasteiger partial charge in [0.15, 0.2) is 41.3 Å². The van der Waals surface area contributed by atoms with Crippen LogP contribution in [0.1, 0.15) is 18.7 Å². The van der Waals surface area contributed by atoms with Crippen LogP contribution in [0.15, 0.2) is 45.6 Å². The van der Waals surface area contributed by atoms with E-state index < -0.39 is 126 Å². The van der Waals surface area contributed by atoms with Crippen LogP contribution in [0, 0.1) is 0 Å².